The average molecular weight is 264 g/mol. The Morgan fingerprint density at radius 1 is 1.53 bits per heavy atom. The first kappa shape index (κ1) is 13.9. The summed E-state index contributed by atoms with van der Waals surface area (Å²) in [5, 5.41) is 9.45. The molecule has 1 aliphatic heterocycles. The number of rotatable bonds is 5. The molecule has 1 aromatic rings. The number of carboxylic acids is 1. The van der Waals surface area contributed by atoms with Crippen molar-refractivity contribution < 1.29 is 19.4 Å². The SMILES string of the molecule is COc1ccc(C(CC2(C)COC2)C(=O)O)cc1C. The topological polar surface area (TPSA) is 55.8 Å². The number of benzene rings is 1. The number of hydrogen-bond acceptors (Lipinski definition) is 3. The third-order valence-electron chi connectivity index (χ3n) is 3.72. The smallest absolute Gasteiger partial charge is 0.310 e. The molecule has 1 aromatic carbocycles. The van der Waals surface area contributed by atoms with E-state index in [9.17, 15) is 9.90 Å². The minimum Gasteiger partial charge on any atom is -0.496 e. The van der Waals surface area contributed by atoms with Gasteiger partial charge < -0.3 is 14.6 Å². The Kier molecular flexibility index (Phi) is 3.80. The highest BCUT2D eigenvalue weighted by molar-refractivity contribution is 5.76. The molecule has 1 saturated heterocycles. The zero-order valence-electron chi connectivity index (χ0n) is 11.6. The van der Waals surface area contributed by atoms with Crippen molar-refractivity contribution in [2.24, 2.45) is 5.41 Å². The van der Waals surface area contributed by atoms with Crippen LogP contribution in [0.4, 0.5) is 0 Å². The molecule has 0 aliphatic carbocycles. The van der Waals surface area contributed by atoms with E-state index in [1.54, 1.807) is 7.11 Å². The molecule has 4 nitrogen and oxygen atoms in total. The van der Waals surface area contributed by atoms with Crippen molar-refractivity contribution >= 4 is 5.97 Å². The highest BCUT2D eigenvalue weighted by Crippen LogP contribution is 2.38. The lowest BCUT2D eigenvalue weighted by molar-refractivity contribution is -0.145. The molecule has 1 fully saturated rings. The van der Waals surface area contributed by atoms with Gasteiger partial charge in [0.25, 0.3) is 0 Å². The standard InChI is InChI=1S/C15H20O4/c1-10-6-11(4-5-13(10)18-3)12(14(16)17)7-15(2)8-19-9-15/h4-6,12H,7-9H2,1-3H3,(H,16,17). The number of aryl methyl sites for hydroxylation is 1. The fourth-order valence-corrected chi connectivity index (χ4v) is 2.53. The quantitative estimate of drug-likeness (QED) is 0.888. The van der Waals surface area contributed by atoms with Crippen LogP contribution in [0.3, 0.4) is 0 Å². The molecular weight excluding hydrogens is 244 g/mol. The largest absolute Gasteiger partial charge is 0.496 e. The van der Waals surface area contributed by atoms with Crippen LogP contribution in [0.2, 0.25) is 0 Å². The van der Waals surface area contributed by atoms with Crippen molar-refractivity contribution in [2.45, 2.75) is 26.2 Å². The van der Waals surface area contributed by atoms with Crippen molar-refractivity contribution in [3.8, 4) is 5.75 Å². The second kappa shape index (κ2) is 5.21. The molecule has 0 amide bonds. The molecule has 1 heterocycles. The number of aliphatic carboxylic acids is 1. The van der Waals surface area contributed by atoms with Crippen molar-refractivity contribution in [1.29, 1.82) is 0 Å². The van der Waals surface area contributed by atoms with Crippen molar-refractivity contribution in [3.05, 3.63) is 29.3 Å². The van der Waals surface area contributed by atoms with Crippen LogP contribution in [-0.4, -0.2) is 31.4 Å². The summed E-state index contributed by atoms with van der Waals surface area (Å²) in [7, 11) is 1.61. The van der Waals surface area contributed by atoms with E-state index >= 15 is 0 Å². The normalized spacial score (nSPS) is 18.5. The monoisotopic (exact) mass is 264 g/mol. The molecule has 4 heteroatoms. The van der Waals surface area contributed by atoms with Crippen LogP contribution in [0.5, 0.6) is 5.75 Å². The fraction of sp³-hybridized carbons (Fsp3) is 0.533. The summed E-state index contributed by atoms with van der Waals surface area (Å²) in [5.41, 5.74) is 1.77. The highest BCUT2D eigenvalue weighted by atomic mass is 16.5. The molecule has 104 valence electrons. The maximum absolute atomic E-state index is 11.5. The van der Waals surface area contributed by atoms with E-state index in [1.807, 2.05) is 25.1 Å². The zero-order valence-corrected chi connectivity index (χ0v) is 11.6. The Morgan fingerprint density at radius 3 is 2.63 bits per heavy atom. The number of carbonyl (C=O) groups is 1. The second-order valence-corrected chi connectivity index (χ2v) is 5.63. The molecule has 0 spiro atoms. The van der Waals surface area contributed by atoms with Gasteiger partial charge in [-0.05, 0) is 30.5 Å². The Labute approximate surface area is 113 Å². The highest BCUT2D eigenvalue weighted by Gasteiger charge is 2.38. The minimum absolute atomic E-state index is 0.0170. The maximum atomic E-state index is 11.5. The van der Waals surface area contributed by atoms with Gasteiger partial charge >= 0.3 is 5.97 Å². The first-order valence-electron chi connectivity index (χ1n) is 6.40. The summed E-state index contributed by atoms with van der Waals surface area (Å²) >= 11 is 0. The van der Waals surface area contributed by atoms with Crippen LogP contribution in [-0.2, 0) is 9.53 Å². The third-order valence-corrected chi connectivity index (χ3v) is 3.72. The van der Waals surface area contributed by atoms with Crippen molar-refractivity contribution in [3.63, 3.8) is 0 Å². The Bertz CT molecular complexity index is 477. The van der Waals surface area contributed by atoms with E-state index in [0.717, 1.165) is 16.9 Å². The van der Waals surface area contributed by atoms with Crippen LogP contribution in [0, 0.1) is 12.3 Å². The second-order valence-electron chi connectivity index (χ2n) is 5.63. The van der Waals surface area contributed by atoms with Gasteiger partial charge in [-0.15, -0.1) is 0 Å². The van der Waals surface area contributed by atoms with Gasteiger partial charge in [0, 0.05) is 5.41 Å². The number of hydrogen-bond donors (Lipinski definition) is 1. The summed E-state index contributed by atoms with van der Waals surface area (Å²) in [5.74, 6) is -0.484. The number of ether oxygens (including phenoxy) is 2. The van der Waals surface area contributed by atoms with Gasteiger partial charge in [0.15, 0.2) is 0 Å². The third kappa shape index (κ3) is 2.89. The van der Waals surface area contributed by atoms with Crippen LogP contribution in [0.15, 0.2) is 18.2 Å². The van der Waals surface area contributed by atoms with E-state index in [4.69, 9.17) is 9.47 Å². The molecule has 0 aromatic heterocycles. The summed E-state index contributed by atoms with van der Waals surface area (Å²) in [6.07, 6.45) is 0.605. The first-order valence-corrected chi connectivity index (χ1v) is 6.40. The van der Waals surface area contributed by atoms with Gasteiger partial charge in [0.2, 0.25) is 0 Å². The Morgan fingerprint density at radius 2 is 2.21 bits per heavy atom. The van der Waals surface area contributed by atoms with Crippen LogP contribution >= 0.6 is 0 Å². The van der Waals surface area contributed by atoms with Gasteiger partial charge in [-0.25, -0.2) is 0 Å². The average Bonchev–Trinajstić information content (AvgIpc) is 2.33. The minimum atomic E-state index is -0.780. The maximum Gasteiger partial charge on any atom is 0.310 e. The van der Waals surface area contributed by atoms with Gasteiger partial charge in [-0.1, -0.05) is 19.1 Å². The van der Waals surface area contributed by atoms with E-state index in [2.05, 4.69) is 6.92 Å². The Balaban J connectivity index is 2.23. The molecule has 1 N–H and O–H groups in total. The van der Waals surface area contributed by atoms with E-state index in [0.29, 0.717) is 19.6 Å². The van der Waals surface area contributed by atoms with Gasteiger partial charge in [-0.2, -0.15) is 0 Å². The number of methoxy groups -OCH3 is 1. The van der Waals surface area contributed by atoms with E-state index in [1.165, 1.54) is 0 Å². The first-order chi connectivity index (χ1) is 8.95. The predicted octanol–water partition coefficient (Wildman–Crippen LogP) is 2.60. The van der Waals surface area contributed by atoms with Gasteiger partial charge in [0.1, 0.15) is 5.75 Å². The van der Waals surface area contributed by atoms with E-state index in [-0.39, 0.29) is 5.41 Å². The molecule has 2 rings (SSSR count). The number of carboxylic acid groups (broad SMARTS) is 1. The molecule has 19 heavy (non-hydrogen) atoms. The van der Waals surface area contributed by atoms with Crippen LogP contribution < -0.4 is 4.74 Å². The zero-order chi connectivity index (χ0) is 14.0. The summed E-state index contributed by atoms with van der Waals surface area (Å²) in [6, 6.07) is 5.58. The molecule has 1 aliphatic rings. The molecule has 0 saturated carbocycles. The fourth-order valence-electron chi connectivity index (χ4n) is 2.53. The van der Waals surface area contributed by atoms with Gasteiger partial charge in [-0.3, -0.25) is 4.79 Å². The summed E-state index contributed by atoms with van der Waals surface area (Å²) in [4.78, 5) is 11.5. The lowest BCUT2D eigenvalue weighted by atomic mass is 9.77. The Hall–Kier alpha value is -1.55. The van der Waals surface area contributed by atoms with Gasteiger partial charge in [0.05, 0.1) is 26.2 Å². The molecular formula is C15H20O4. The van der Waals surface area contributed by atoms with Crippen LogP contribution in [0.25, 0.3) is 0 Å². The van der Waals surface area contributed by atoms with Crippen molar-refractivity contribution in [2.75, 3.05) is 20.3 Å². The van der Waals surface area contributed by atoms with Crippen molar-refractivity contribution in [1.82, 2.24) is 0 Å². The summed E-state index contributed by atoms with van der Waals surface area (Å²) < 4.78 is 10.4. The predicted molar refractivity (Wildman–Crippen MR) is 71.7 cm³/mol. The lowest BCUT2D eigenvalue weighted by Gasteiger charge is -2.39. The van der Waals surface area contributed by atoms with E-state index < -0.39 is 11.9 Å². The molecule has 0 bridgehead atoms. The molecule has 1 unspecified atom stereocenters. The molecule has 1 atom stereocenters. The van der Waals surface area contributed by atoms with Crippen LogP contribution in [0.1, 0.15) is 30.4 Å². The lowest BCUT2D eigenvalue weighted by Crippen LogP contribution is -2.41. The molecule has 0 radical (unpaired) electrons. The summed E-state index contributed by atoms with van der Waals surface area (Å²) in [6.45, 7) is 5.29.